The smallest absolute Gasteiger partial charge is 0.242 e. The Balaban J connectivity index is 1.96. The van der Waals surface area contributed by atoms with Crippen LogP contribution in [0.15, 0.2) is 59.5 Å². The van der Waals surface area contributed by atoms with Gasteiger partial charge in [-0.2, -0.15) is 0 Å². The minimum Gasteiger partial charge on any atom is -0.354 e. The van der Waals surface area contributed by atoms with E-state index in [-0.39, 0.29) is 11.8 Å². The zero-order valence-electron chi connectivity index (χ0n) is 18.4. The summed E-state index contributed by atoms with van der Waals surface area (Å²) in [6.07, 6.45) is 3.13. The molecule has 4 nitrogen and oxygen atoms in total. The van der Waals surface area contributed by atoms with Crippen molar-refractivity contribution in [2.45, 2.75) is 57.4 Å². The van der Waals surface area contributed by atoms with Gasteiger partial charge in [-0.1, -0.05) is 61.4 Å². The Hall–Kier alpha value is -2.27. The molecule has 0 aliphatic heterocycles. The van der Waals surface area contributed by atoms with Gasteiger partial charge < -0.3 is 10.2 Å². The van der Waals surface area contributed by atoms with E-state index in [9.17, 15) is 9.59 Å². The molecule has 0 bridgehead atoms. The lowest BCUT2D eigenvalue weighted by Gasteiger charge is -2.29. The van der Waals surface area contributed by atoms with E-state index in [2.05, 4.69) is 55.6 Å². The summed E-state index contributed by atoms with van der Waals surface area (Å²) in [5.74, 6) is 0.660. The Morgan fingerprint density at radius 2 is 1.77 bits per heavy atom. The lowest BCUT2D eigenvalue weighted by Crippen LogP contribution is -2.49. The van der Waals surface area contributed by atoms with Crippen molar-refractivity contribution >= 4 is 23.6 Å². The molecule has 1 N–H and O–H groups in total. The molecule has 0 aromatic heterocycles. The third-order valence-electron chi connectivity index (χ3n) is 5.09. The van der Waals surface area contributed by atoms with Crippen LogP contribution in [0.2, 0.25) is 0 Å². The third-order valence-corrected chi connectivity index (χ3v) is 6.10. The molecule has 0 saturated heterocycles. The molecule has 0 saturated carbocycles. The quantitative estimate of drug-likeness (QED) is 0.390. The van der Waals surface area contributed by atoms with Crippen LogP contribution in [0.4, 0.5) is 0 Å². The van der Waals surface area contributed by atoms with Crippen LogP contribution in [0.1, 0.15) is 44.2 Å². The van der Waals surface area contributed by atoms with Crippen LogP contribution in [0.25, 0.3) is 0 Å². The first-order valence-electron chi connectivity index (χ1n) is 10.8. The SMILES string of the molecule is CCCCNC(=O)C(C)N(CCc1ccccc1)C(=O)CCSc1ccc(C)cc1. The fraction of sp³-hybridized carbons (Fsp3) is 0.440. The van der Waals surface area contributed by atoms with Gasteiger partial charge in [-0.3, -0.25) is 9.59 Å². The number of unbranched alkanes of at least 4 members (excludes halogenated alkanes) is 1. The molecule has 0 aliphatic rings. The largest absolute Gasteiger partial charge is 0.354 e. The van der Waals surface area contributed by atoms with E-state index in [0.29, 0.717) is 25.3 Å². The number of thioether (sulfide) groups is 1. The molecule has 30 heavy (non-hydrogen) atoms. The Labute approximate surface area is 185 Å². The molecule has 1 atom stereocenters. The van der Waals surface area contributed by atoms with Crippen LogP contribution in [0, 0.1) is 6.92 Å². The highest BCUT2D eigenvalue weighted by atomic mass is 32.2. The number of hydrogen-bond acceptors (Lipinski definition) is 3. The average molecular weight is 427 g/mol. The third kappa shape index (κ3) is 8.23. The van der Waals surface area contributed by atoms with Crippen molar-refractivity contribution in [3.63, 3.8) is 0 Å². The second-order valence-electron chi connectivity index (χ2n) is 7.55. The van der Waals surface area contributed by atoms with E-state index >= 15 is 0 Å². The zero-order chi connectivity index (χ0) is 21.8. The first-order valence-corrected chi connectivity index (χ1v) is 11.8. The van der Waals surface area contributed by atoms with Gasteiger partial charge in [0.15, 0.2) is 0 Å². The van der Waals surface area contributed by atoms with Crippen LogP contribution in [-0.2, 0) is 16.0 Å². The summed E-state index contributed by atoms with van der Waals surface area (Å²) < 4.78 is 0. The summed E-state index contributed by atoms with van der Waals surface area (Å²) in [5, 5.41) is 2.97. The molecule has 0 fully saturated rings. The number of rotatable bonds is 12. The molecular weight excluding hydrogens is 392 g/mol. The second-order valence-corrected chi connectivity index (χ2v) is 8.72. The number of carbonyl (C=O) groups is 2. The minimum atomic E-state index is -0.470. The fourth-order valence-corrected chi connectivity index (χ4v) is 3.98. The lowest BCUT2D eigenvalue weighted by molar-refractivity contribution is -0.139. The topological polar surface area (TPSA) is 49.4 Å². The molecule has 5 heteroatoms. The second kappa shape index (κ2) is 13.1. The van der Waals surface area contributed by atoms with Gasteiger partial charge in [0.05, 0.1) is 0 Å². The molecule has 162 valence electrons. The maximum atomic E-state index is 13.0. The zero-order valence-corrected chi connectivity index (χ0v) is 19.2. The normalized spacial score (nSPS) is 11.7. The molecule has 2 amide bonds. The molecular formula is C25H34N2O2S. The highest BCUT2D eigenvalue weighted by Crippen LogP contribution is 2.20. The monoisotopic (exact) mass is 426 g/mol. The molecule has 1 unspecified atom stereocenters. The van der Waals surface area contributed by atoms with Crippen molar-refractivity contribution in [2.75, 3.05) is 18.8 Å². The number of nitrogens with zero attached hydrogens (tertiary/aromatic N) is 1. The van der Waals surface area contributed by atoms with Crippen molar-refractivity contribution < 1.29 is 9.59 Å². The van der Waals surface area contributed by atoms with E-state index in [1.165, 1.54) is 11.1 Å². The van der Waals surface area contributed by atoms with Gasteiger partial charge in [0.1, 0.15) is 6.04 Å². The van der Waals surface area contributed by atoms with Crippen LogP contribution in [-0.4, -0.2) is 41.6 Å². The van der Waals surface area contributed by atoms with E-state index in [4.69, 9.17) is 0 Å². The molecule has 2 aromatic carbocycles. The Bertz CT molecular complexity index is 777. The number of aryl methyl sites for hydroxylation is 1. The first kappa shape index (κ1) is 24.0. The van der Waals surface area contributed by atoms with Gasteiger partial charge in [0.25, 0.3) is 0 Å². The van der Waals surface area contributed by atoms with Crippen LogP contribution in [0.3, 0.4) is 0 Å². The van der Waals surface area contributed by atoms with Gasteiger partial charge in [0, 0.05) is 30.2 Å². The summed E-state index contributed by atoms with van der Waals surface area (Å²) in [7, 11) is 0. The minimum absolute atomic E-state index is 0.0312. The summed E-state index contributed by atoms with van der Waals surface area (Å²) in [5.41, 5.74) is 2.40. The van der Waals surface area contributed by atoms with Crippen LogP contribution >= 0.6 is 11.8 Å². The summed E-state index contributed by atoms with van der Waals surface area (Å²) in [6, 6.07) is 18.0. The number of benzene rings is 2. The average Bonchev–Trinajstić information content (AvgIpc) is 2.76. The highest BCUT2D eigenvalue weighted by Gasteiger charge is 2.25. The highest BCUT2D eigenvalue weighted by molar-refractivity contribution is 7.99. The first-order chi connectivity index (χ1) is 14.5. The molecule has 0 aliphatic carbocycles. The van der Waals surface area contributed by atoms with Crippen LogP contribution < -0.4 is 5.32 Å². The predicted octanol–water partition coefficient (Wildman–Crippen LogP) is 4.85. The van der Waals surface area contributed by atoms with E-state index in [1.54, 1.807) is 16.7 Å². The Kier molecular flexibility index (Phi) is 10.5. The lowest BCUT2D eigenvalue weighted by atomic mass is 10.1. The standard InChI is InChI=1S/C25H34N2O2S/c1-4-5-17-26-25(29)21(3)27(18-15-22-9-7-6-8-10-22)24(28)16-19-30-23-13-11-20(2)12-14-23/h6-14,21H,4-5,15-19H2,1-3H3,(H,26,29). The molecule has 0 spiro atoms. The molecule has 0 radical (unpaired) electrons. The van der Waals surface area contributed by atoms with Gasteiger partial charge >= 0.3 is 0 Å². The van der Waals surface area contributed by atoms with Crippen molar-refractivity contribution in [3.05, 3.63) is 65.7 Å². The Morgan fingerprint density at radius 1 is 1.07 bits per heavy atom. The van der Waals surface area contributed by atoms with Gasteiger partial charge in [-0.05, 0) is 44.4 Å². The number of nitrogens with one attached hydrogen (secondary N) is 1. The van der Waals surface area contributed by atoms with Gasteiger partial charge in [0.2, 0.25) is 11.8 Å². The van der Waals surface area contributed by atoms with Crippen molar-refractivity contribution in [2.24, 2.45) is 0 Å². The van der Waals surface area contributed by atoms with Gasteiger partial charge in [-0.15, -0.1) is 11.8 Å². The summed E-state index contributed by atoms with van der Waals surface area (Å²) >= 11 is 1.68. The number of amides is 2. The van der Waals surface area contributed by atoms with E-state index in [0.717, 1.165) is 24.2 Å². The van der Waals surface area contributed by atoms with E-state index < -0.39 is 6.04 Å². The summed E-state index contributed by atoms with van der Waals surface area (Å²) in [6.45, 7) is 7.19. The maximum Gasteiger partial charge on any atom is 0.242 e. The summed E-state index contributed by atoms with van der Waals surface area (Å²) in [4.78, 5) is 28.5. The number of hydrogen-bond donors (Lipinski definition) is 1. The fourth-order valence-electron chi connectivity index (χ4n) is 3.14. The van der Waals surface area contributed by atoms with Gasteiger partial charge in [-0.25, -0.2) is 0 Å². The Morgan fingerprint density at radius 3 is 2.43 bits per heavy atom. The van der Waals surface area contributed by atoms with Crippen molar-refractivity contribution in [3.8, 4) is 0 Å². The van der Waals surface area contributed by atoms with Crippen molar-refractivity contribution in [1.82, 2.24) is 10.2 Å². The number of carbonyl (C=O) groups excluding carboxylic acids is 2. The van der Waals surface area contributed by atoms with E-state index in [1.807, 2.05) is 25.1 Å². The molecule has 2 rings (SSSR count). The van der Waals surface area contributed by atoms with Crippen molar-refractivity contribution in [1.29, 1.82) is 0 Å². The van der Waals surface area contributed by atoms with Crippen LogP contribution in [0.5, 0.6) is 0 Å². The molecule has 2 aromatic rings. The molecule has 0 heterocycles. The predicted molar refractivity (Wildman–Crippen MR) is 126 cm³/mol. The maximum absolute atomic E-state index is 13.0.